The maximum atomic E-state index is 0. The Kier molecular flexibility index (Phi) is 1310000. The molecular weight excluding hydrogens is 260 g/mol. The van der Waals surface area contributed by atoms with Crippen molar-refractivity contribution in [2.45, 2.75) is 0 Å². The zero-order valence-corrected chi connectivity index (χ0v) is 8.44. The van der Waals surface area contributed by atoms with Crippen molar-refractivity contribution in [3.63, 3.8) is 0 Å². The van der Waals surface area contributed by atoms with Gasteiger partial charge in [0.2, 0.25) is 0 Å². The number of hydrogen-bond donors (Lipinski definition) is 0. The van der Waals surface area contributed by atoms with Crippen LogP contribution < -0.4 is 0 Å². The Labute approximate surface area is 94.7 Å². The molecule has 0 amide bonds. The fourth-order valence-electron chi connectivity index (χ4n) is 0. The fourth-order valence-corrected chi connectivity index (χ4v) is 0. The Morgan fingerprint density at radius 2 is 0.250 bits per heavy atom. The summed E-state index contributed by atoms with van der Waals surface area (Å²) in [5.74, 6) is 0. The zero-order chi connectivity index (χ0) is 0. The van der Waals surface area contributed by atoms with E-state index in [1.807, 2.05) is 0 Å². The minimum atomic E-state index is 0. The van der Waals surface area contributed by atoms with Crippen molar-refractivity contribution in [2.24, 2.45) is 0 Å². The van der Waals surface area contributed by atoms with Crippen LogP contribution in [0.25, 0.3) is 55.4 Å². The molecule has 0 atom stereocenters. The number of nitrogens with two attached hydrogens (primary N) is 9. The van der Waals surface area contributed by atoms with E-state index in [-0.39, 0.29) is 94.4 Å². The van der Waals surface area contributed by atoms with Crippen molar-refractivity contribution in [1.29, 1.82) is 0 Å². The molecule has 0 aromatic heterocycles. The van der Waals surface area contributed by atoms with E-state index in [2.05, 4.69) is 0 Å². The molecule has 0 spiro atoms. The largest absolute Gasteiger partial charge is 0.693 e. The van der Waals surface area contributed by atoms with Crippen LogP contribution in [0.15, 0.2) is 0 Å². The van der Waals surface area contributed by atoms with Gasteiger partial charge in [-0.15, -0.1) is 0 Å². The number of hydrogen-bond acceptors (Lipinski definition) is 0. The third-order valence-corrected chi connectivity index (χ3v) is 0. The van der Waals surface area contributed by atoms with E-state index in [0.717, 1.165) is 0 Å². The van der Waals surface area contributed by atoms with Crippen molar-refractivity contribution < 1.29 is 39.0 Å². The van der Waals surface area contributed by atoms with Gasteiger partial charge in [-0.2, -0.15) is 0 Å². The van der Waals surface area contributed by atoms with Gasteiger partial charge in [0, 0.05) is 33.6 Å². The van der Waals surface area contributed by atoms with Crippen LogP contribution in [0.3, 0.4) is 0 Å². The zero-order valence-electron chi connectivity index (χ0n) is 6.36. The summed E-state index contributed by atoms with van der Waals surface area (Å²) in [5.41, 5.74) is 0. The van der Waals surface area contributed by atoms with Crippen LogP contribution in [0, 0.1) is 0 Å². The third kappa shape index (κ3) is 2610. The van der Waals surface area contributed by atoms with Gasteiger partial charge in [0.15, 0.2) is 0 Å². The molecule has 0 rings (SSSR count). The summed E-state index contributed by atoms with van der Waals surface area (Å²) in [7, 11) is 0. The van der Waals surface area contributed by atoms with Gasteiger partial charge in [0.1, 0.15) is 0 Å². The number of rotatable bonds is 0. The molecule has 2 radical (unpaired) electrons. The summed E-state index contributed by atoms with van der Waals surface area (Å²) in [6.45, 7) is 0. The molecule has 0 saturated heterocycles. The van der Waals surface area contributed by atoms with Crippen molar-refractivity contribution >= 4 is 0 Å². The molecule has 0 fully saturated rings. The summed E-state index contributed by atoms with van der Waals surface area (Å²) in [6.07, 6.45) is 0. The minimum Gasteiger partial charge on any atom is -0.693 e. The van der Waals surface area contributed by atoms with Gasteiger partial charge in [-0.05, 0) is 0 Å². The van der Waals surface area contributed by atoms with Gasteiger partial charge in [-0.1, -0.05) is 0 Å². The summed E-state index contributed by atoms with van der Waals surface area (Å²) in [6, 6.07) is 0. The molecule has 0 bridgehead atoms. The van der Waals surface area contributed by atoms with Gasteiger partial charge in [-0.3, -0.25) is 0 Å². The van der Waals surface area contributed by atoms with Crippen molar-refractivity contribution in [3.05, 3.63) is 55.4 Å². The van der Waals surface area contributed by atoms with Crippen LogP contribution in [-0.2, 0) is 33.6 Å². The van der Waals surface area contributed by atoms with E-state index in [1.165, 1.54) is 0 Å². The van der Waals surface area contributed by atoms with Gasteiger partial charge >= 0.3 is 0 Å². The van der Waals surface area contributed by atoms with Crippen LogP contribution in [0.4, 0.5) is 0 Å². The van der Waals surface area contributed by atoms with Gasteiger partial charge < -0.3 is 60.8 Å². The average Bonchev–Trinajstić information content (AvgIpc) is 0. The molecule has 12 heavy (non-hydrogen) atoms. The first kappa shape index (κ1) is 4530. The van der Waals surface area contributed by atoms with Crippen LogP contribution in [-0.4, -0.2) is 5.48 Å². The van der Waals surface area contributed by atoms with Crippen LogP contribution in [0.1, 0.15) is 0 Å². The Morgan fingerprint density at radius 1 is 0.250 bits per heavy atom. The molecule has 98 valence electrons. The molecule has 12 heteroatoms. The van der Waals surface area contributed by atoms with Gasteiger partial charge in [-0.25, -0.2) is 0 Å². The van der Waals surface area contributed by atoms with Crippen molar-refractivity contribution in [3.8, 4) is 0 Å². The second kappa shape index (κ2) is 3480. The quantitative estimate of drug-likeness (QED) is 0.519. The van der Waals surface area contributed by atoms with Gasteiger partial charge in [0.25, 0.3) is 0 Å². The molecule has 0 unspecified atom stereocenters. The van der Waals surface area contributed by atoms with Crippen LogP contribution in [0.2, 0.25) is 0 Å². The summed E-state index contributed by atoms with van der Waals surface area (Å²) >= 11 is 0. The topological polar surface area (TPSA) is 333 Å². The van der Waals surface area contributed by atoms with E-state index in [1.54, 1.807) is 0 Å². The maximum absolute atomic E-state index is 0. The second-order valence-electron chi connectivity index (χ2n) is 0. The molecule has 20 N–H and O–H groups in total. The summed E-state index contributed by atoms with van der Waals surface area (Å²) in [5, 5.41) is 0. The molecule has 0 aliphatic carbocycles. The molecule has 0 aromatic rings. The standard InChI is InChI=1S/2Co.9H2N.H2O/h;;10*1H2/q;;9*-1;. The molecule has 0 aliphatic rings. The molecular formula is H20Co2N9O-9. The van der Waals surface area contributed by atoms with E-state index in [4.69, 9.17) is 0 Å². The maximum Gasteiger partial charge on any atom is 0 e. The minimum absolute atomic E-state index is 0. The van der Waals surface area contributed by atoms with Gasteiger partial charge in [0.05, 0.1) is 0 Å². The average molecular weight is 280 g/mol. The smallest absolute Gasteiger partial charge is 0 e. The molecule has 0 heterocycles. The Morgan fingerprint density at radius 3 is 0.250 bits per heavy atom. The van der Waals surface area contributed by atoms with E-state index in [0.29, 0.717) is 0 Å². The van der Waals surface area contributed by atoms with E-state index < -0.39 is 0 Å². The van der Waals surface area contributed by atoms with Crippen molar-refractivity contribution in [2.75, 3.05) is 0 Å². The summed E-state index contributed by atoms with van der Waals surface area (Å²) in [4.78, 5) is 0. The predicted molar refractivity (Wildman–Crippen MR) is 51.2 cm³/mol. The Bertz CT molecular complexity index is 12.5. The third-order valence-electron chi connectivity index (χ3n) is 0. The Hall–Kier alpha value is 0.613. The predicted octanol–water partition coefficient (Wildman–Crippen LogP) is 5.62. The first-order valence-corrected chi connectivity index (χ1v) is 0. The molecule has 10 nitrogen and oxygen atoms in total. The van der Waals surface area contributed by atoms with E-state index in [9.17, 15) is 0 Å². The normalized spacial score (nSPS) is 0. The van der Waals surface area contributed by atoms with Crippen molar-refractivity contribution in [1.82, 2.24) is 0 Å². The molecule has 0 saturated carbocycles. The Balaban J connectivity index is 0. The SMILES string of the molecule is O.[Co].[Co].[NH2-].[NH2-].[NH2-].[NH2-].[NH2-].[NH2-].[NH2-].[NH2-].[NH2-]. The molecule has 0 aromatic carbocycles. The first-order chi connectivity index (χ1) is 0. The molecule has 0 aliphatic heterocycles. The summed E-state index contributed by atoms with van der Waals surface area (Å²) < 4.78 is 0. The monoisotopic (exact) mass is 280 g/mol. The van der Waals surface area contributed by atoms with E-state index >= 15 is 0 Å². The second-order valence-corrected chi connectivity index (χ2v) is 0. The fraction of sp³-hybridized carbons (Fsp3) is 0. The first-order valence-electron chi connectivity index (χ1n) is 0. The van der Waals surface area contributed by atoms with Crippen LogP contribution in [0.5, 0.6) is 0 Å². The van der Waals surface area contributed by atoms with Crippen LogP contribution >= 0.6 is 0 Å².